The lowest BCUT2D eigenvalue weighted by molar-refractivity contribution is 0.275. The van der Waals surface area contributed by atoms with Crippen molar-refractivity contribution < 1.29 is 0 Å². The van der Waals surface area contributed by atoms with Crippen LogP contribution in [0, 0.1) is 17.8 Å². The van der Waals surface area contributed by atoms with Crippen molar-refractivity contribution in [2.45, 2.75) is 34.2 Å². The average Bonchev–Trinajstić information content (AvgIpc) is 2.28. The number of hydrogen-bond acceptors (Lipinski definition) is 1. The summed E-state index contributed by atoms with van der Waals surface area (Å²) < 4.78 is 0. The first-order valence-electron chi connectivity index (χ1n) is 6.56. The first-order chi connectivity index (χ1) is 8.41. The van der Waals surface area contributed by atoms with E-state index in [0.717, 1.165) is 13.1 Å². The number of hydrogen-bond donors (Lipinski definition) is 1. The van der Waals surface area contributed by atoms with Crippen LogP contribution in [0.3, 0.4) is 0 Å². The smallest absolute Gasteiger partial charge is 0.0595 e. The van der Waals surface area contributed by atoms with Crippen molar-refractivity contribution in [1.82, 2.24) is 5.32 Å². The third-order valence-electron chi connectivity index (χ3n) is 3.41. The van der Waals surface area contributed by atoms with Crippen molar-refractivity contribution in [3.8, 4) is 0 Å². The maximum absolute atomic E-state index is 6.00. The van der Waals surface area contributed by atoms with E-state index in [2.05, 4.69) is 33.0 Å². The van der Waals surface area contributed by atoms with Gasteiger partial charge in [-0.1, -0.05) is 57.0 Å². The van der Waals surface area contributed by atoms with Gasteiger partial charge in [-0.3, -0.25) is 0 Å². The van der Waals surface area contributed by atoms with Crippen LogP contribution in [-0.4, -0.2) is 6.54 Å². The summed E-state index contributed by atoms with van der Waals surface area (Å²) in [6, 6.07) is 5.79. The molecular weight excluding hydrogens is 265 g/mol. The summed E-state index contributed by atoms with van der Waals surface area (Å²) in [5, 5.41) is 4.75. The van der Waals surface area contributed by atoms with Crippen LogP contribution in [0.4, 0.5) is 0 Å². The maximum Gasteiger partial charge on any atom is 0.0595 e. The molecule has 0 aromatic heterocycles. The molecule has 102 valence electrons. The zero-order chi connectivity index (χ0) is 13.7. The summed E-state index contributed by atoms with van der Waals surface area (Å²) in [4.78, 5) is 0. The van der Waals surface area contributed by atoms with Gasteiger partial charge in [0.15, 0.2) is 0 Å². The minimum absolute atomic E-state index is 0.614. The Labute approximate surface area is 121 Å². The number of nitrogens with one attached hydrogen (secondary N) is 1. The quantitative estimate of drug-likeness (QED) is 0.775. The maximum atomic E-state index is 6.00. The molecule has 18 heavy (non-hydrogen) atoms. The van der Waals surface area contributed by atoms with E-state index < -0.39 is 0 Å². The summed E-state index contributed by atoms with van der Waals surface area (Å²) in [6.07, 6.45) is 0. The minimum Gasteiger partial charge on any atom is -0.312 e. The van der Waals surface area contributed by atoms with Crippen LogP contribution in [-0.2, 0) is 6.54 Å². The van der Waals surface area contributed by atoms with Crippen LogP contribution >= 0.6 is 23.2 Å². The Kier molecular flexibility index (Phi) is 6.48. The average molecular weight is 288 g/mol. The van der Waals surface area contributed by atoms with Gasteiger partial charge in [-0.2, -0.15) is 0 Å². The highest BCUT2D eigenvalue weighted by Gasteiger charge is 2.16. The molecule has 0 saturated heterocycles. The van der Waals surface area contributed by atoms with Crippen molar-refractivity contribution in [3.63, 3.8) is 0 Å². The molecule has 1 N–H and O–H groups in total. The lowest BCUT2D eigenvalue weighted by Gasteiger charge is -2.25. The molecule has 0 aliphatic rings. The molecule has 0 radical (unpaired) electrons. The Morgan fingerprint density at radius 1 is 1.00 bits per heavy atom. The molecule has 0 saturated carbocycles. The fourth-order valence-corrected chi connectivity index (χ4v) is 2.59. The first-order valence-corrected chi connectivity index (χ1v) is 7.32. The molecule has 0 fully saturated rings. The summed E-state index contributed by atoms with van der Waals surface area (Å²) in [5.41, 5.74) is 1.18. The Balaban J connectivity index is 2.47. The van der Waals surface area contributed by atoms with Crippen molar-refractivity contribution in [2.75, 3.05) is 6.54 Å². The second kappa shape index (κ2) is 7.37. The first kappa shape index (κ1) is 15.8. The van der Waals surface area contributed by atoms with Crippen LogP contribution < -0.4 is 5.32 Å². The van der Waals surface area contributed by atoms with E-state index >= 15 is 0 Å². The monoisotopic (exact) mass is 287 g/mol. The van der Waals surface area contributed by atoms with E-state index in [9.17, 15) is 0 Å². The number of benzene rings is 1. The predicted molar refractivity (Wildman–Crippen MR) is 81.3 cm³/mol. The van der Waals surface area contributed by atoms with Crippen molar-refractivity contribution in [2.24, 2.45) is 17.8 Å². The molecular formula is C15H23Cl2N. The number of rotatable bonds is 6. The standard InChI is InChI=1S/C15H23Cl2N/c1-10(2)13(11(3)4)9-18-8-12-5-6-14(16)15(17)7-12/h5-7,10-11,13,18H,8-9H2,1-4H3. The van der Waals surface area contributed by atoms with Gasteiger partial charge in [-0.25, -0.2) is 0 Å². The third kappa shape index (κ3) is 4.79. The molecule has 0 amide bonds. The molecule has 1 nitrogen and oxygen atoms in total. The lowest BCUT2D eigenvalue weighted by Crippen LogP contribution is -2.29. The minimum atomic E-state index is 0.614. The van der Waals surface area contributed by atoms with Crippen LogP contribution in [0.25, 0.3) is 0 Å². The molecule has 0 aliphatic carbocycles. The van der Waals surface area contributed by atoms with E-state index in [-0.39, 0.29) is 0 Å². The highest BCUT2D eigenvalue weighted by molar-refractivity contribution is 6.42. The predicted octanol–water partition coefficient (Wildman–Crippen LogP) is 5.01. The molecule has 0 bridgehead atoms. The summed E-state index contributed by atoms with van der Waals surface area (Å²) in [5.74, 6) is 2.10. The van der Waals surface area contributed by atoms with Gasteiger partial charge in [0, 0.05) is 6.54 Å². The Hall–Kier alpha value is -0.240. The Morgan fingerprint density at radius 3 is 2.11 bits per heavy atom. The van der Waals surface area contributed by atoms with E-state index in [1.54, 1.807) is 0 Å². The third-order valence-corrected chi connectivity index (χ3v) is 4.14. The van der Waals surface area contributed by atoms with Crippen LogP contribution in [0.2, 0.25) is 10.0 Å². The van der Waals surface area contributed by atoms with Crippen molar-refractivity contribution in [3.05, 3.63) is 33.8 Å². The van der Waals surface area contributed by atoms with Gasteiger partial charge < -0.3 is 5.32 Å². The topological polar surface area (TPSA) is 12.0 Å². The molecule has 0 atom stereocenters. The van der Waals surface area contributed by atoms with Crippen LogP contribution in [0.5, 0.6) is 0 Å². The van der Waals surface area contributed by atoms with Gasteiger partial charge in [0.25, 0.3) is 0 Å². The molecule has 1 aromatic rings. The van der Waals surface area contributed by atoms with E-state index in [1.165, 1.54) is 5.56 Å². The van der Waals surface area contributed by atoms with E-state index in [4.69, 9.17) is 23.2 Å². The zero-order valence-corrected chi connectivity index (χ0v) is 13.1. The van der Waals surface area contributed by atoms with Crippen LogP contribution in [0.1, 0.15) is 33.3 Å². The Bertz CT molecular complexity index is 367. The van der Waals surface area contributed by atoms with Gasteiger partial charge in [0.2, 0.25) is 0 Å². The van der Waals surface area contributed by atoms with Gasteiger partial charge in [0.1, 0.15) is 0 Å². The second-order valence-corrected chi connectivity index (χ2v) is 6.35. The van der Waals surface area contributed by atoms with E-state index in [0.29, 0.717) is 27.8 Å². The zero-order valence-electron chi connectivity index (χ0n) is 11.6. The highest BCUT2D eigenvalue weighted by atomic mass is 35.5. The molecule has 0 unspecified atom stereocenters. The van der Waals surface area contributed by atoms with Gasteiger partial charge >= 0.3 is 0 Å². The van der Waals surface area contributed by atoms with Gasteiger partial charge in [-0.15, -0.1) is 0 Å². The lowest BCUT2D eigenvalue weighted by atomic mass is 9.85. The largest absolute Gasteiger partial charge is 0.312 e. The van der Waals surface area contributed by atoms with Gasteiger partial charge in [0.05, 0.1) is 10.0 Å². The normalized spacial score (nSPS) is 11.8. The second-order valence-electron chi connectivity index (χ2n) is 5.53. The van der Waals surface area contributed by atoms with Crippen LogP contribution in [0.15, 0.2) is 18.2 Å². The highest BCUT2D eigenvalue weighted by Crippen LogP contribution is 2.23. The molecule has 1 aromatic carbocycles. The van der Waals surface area contributed by atoms with Gasteiger partial charge in [-0.05, 0) is 42.0 Å². The molecule has 0 spiro atoms. The fraction of sp³-hybridized carbons (Fsp3) is 0.600. The number of halogens is 2. The molecule has 0 heterocycles. The summed E-state index contributed by atoms with van der Waals surface area (Å²) >= 11 is 11.9. The summed E-state index contributed by atoms with van der Waals surface area (Å²) in [6.45, 7) is 11.0. The summed E-state index contributed by atoms with van der Waals surface area (Å²) in [7, 11) is 0. The van der Waals surface area contributed by atoms with Crippen molar-refractivity contribution >= 4 is 23.2 Å². The molecule has 3 heteroatoms. The van der Waals surface area contributed by atoms with E-state index in [1.807, 2.05) is 18.2 Å². The molecule has 0 aliphatic heterocycles. The Morgan fingerprint density at radius 2 is 1.61 bits per heavy atom. The fourth-order valence-electron chi connectivity index (χ4n) is 2.27. The van der Waals surface area contributed by atoms with Crippen molar-refractivity contribution in [1.29, 1.82) is 0 Å². The SMILES string of the molecule is CC(C)C(CNCc1ccc(Cl)c(Cl)c1)C(C)C. The molecule has 1 rings (SSSR count).